The Morgan fingerprint density at radius 3 is 0.500 bits per heavy atom. The van der Waals surface area contributed by atoms with Gasteiger partial charge in [0.25, 0.3) is 0 Å². The van der Waals surface area contributed by atoms with Gasteiger partial charge in [-0.15, -0.1) is 0 Å². The molecule has 0 atom stereocenters. The molecule has 0 aliphatic heterocycles. The van der Waals surface area contributed by atoms with Crippen molar-refractivity contribution < 1.29 is 17.1 Å². The summed E-state index contributed by atoms with van der Waals surface area (Å²) < 4.78 is 0. The minimum absolute atomic E-state index is 0. The maximum Gasteiger partial charge on any atom is 0 e. The van der Waals surface area contributed by atoms with Crippen LogP contribution in [0.2, 0.25) is 0 Å². The van der Waals surface area contributed by atoms with Gasteiger partial charge < -0.3 is 18.5 Å². The predicted molar refractivity (Wildman–Crippen MR) is 15.1 cm³/mol. The molecule has 0 saturated carbocycles. The quantitative estimate of drug-likeness (QED) is 0.392. The van der Waals surface area contributed by atoms with Crippen LogP contribution in [0.25, 0.3) is 0 Å². The molecule has 0 aliphatic rings. The van der Waals surface area contributed by atoms with Gasteiger partial charge in [0.2, 0.25) is 0 Å². The van der Waals surface area contributed by atoms with E-state index in [9.17, 15) is 0 Å². The third-order valence-electron chi connectivity index (χ3n) is 0. The van der Waals surface area contributed by atoms with Crippen LogP contribution in [0, 0.1) is 0 Å². The molecular formula is H9FeN3. The van der Waals surface area contributed by atoms with Crippen LogP contribution in [0.15, 0.2) is 0 Å². The predicted octanol–water partition coefficient (Wildman–Crippen LogP) is 0.483. The summed E-state index contributed by atoms with van der Waals surface area (Å²) in [5.41, 5.74) is 0. The zero-order valence-electron chi connectivity index (χ0n) is 2.47. The van der Waals surface area contributed by atoms with Crippen molar-refractivity contribution in [3.05, 3.63) is 0 Å². The zero-order valence-corrected chi connectivity index (χ0v) is 3.58. The Labute approximate surface area is 36.4 Å². The average Bonchev–Trinajstić information content (AvgIpc) is 0. The van der Waals surface area contributed by atoms with Crippen molar-refractivity contribution in [3.8, 4) is 0 Å². The summed E-state index contributed by atoms with van der Waals surface area (Å²) in [6.45, 7) is 0. The van der Waals surface area contributed by atoms with Crippen LogP contribution in [-0.2, 0) is 17.1 Å². The van der Waals surface area contributed by atoms with Gasteiger partial charge in [0.15, 0.2) is 0 Å². The third kappa shape index (κ3) is 29.4. The van der Waals surface area contributed by atoms with Crippen LogP contribution >= 0.6 is 0 Å². The molecule has 0 aromatic heterocycles. The zero-order chi connectivity index (χ0) is 0. The van der Waals surface area contributed by atoms with E-state index in [1.807, 2.05) is 0 Å². The number of hydrogen-bond acceptors (Lipinski definition) is 3. The molecule has 0 fully saturated rings. The normalized spacial score (nSPS) is 0. The van der Waals surface area contributed by atoms with Gasteiger partial charge in [-0.2, -0.15) is 0 Å². The van der Waals surface area contributed by atoms with E-state index >= 15 is 0 Å². The van der Waals surface area contributed by atoms with E-state index in [2.05, 4.69) is 0 Å². The fourth-order valence-corrected chi connectivity index (χ4v) is 0. The molecule has 0 aromatic carbocycles. The van der Waals surface area contributed by atoms with Gasteiger partial charge in [-0.3, -0.25) is 0 Å². The van der Waals surface area contributed by atoms with Gasteiger partial charge in [-0.25, -0.2) is 0 Å². The Bertz CT molecular complexity index is 3.25. The van der Waals surface area contributed by atoms with E-state index in [0.717, 1.165) is 0 Å². The Kier molecular flexibility index (Phi) is 9770. The van der Waals surface area contributed by atoms with Crippen LogP contribution in [0.1, 0.15) is 0 Å². The van der Waals surface area contributed by atoms with Crippen LogP contribution < -0.4 is 18.5 Å². The van der Waals surface area contributed by atoms with Crippen LogP contribution in [0.3, 0.4) is 0 Å². The van der Waals surface area contributed by atoms with Crippen LogP contribution in [0.5, 0.6) is 0 Å². The maximum absolute atomic E-state index is 0. The van der Waals surface area contributed by atoms with Gasteiger partial charge >= 0.3 is 0 Å². The summed E-state index contributed by atoms with van der Waals surface area (Å²) in [4.78, 5) is 0. The summed E-state index contributed by atoms with van der Waals surface area (Å²) in [5, 5.41) is 0. The first-order chi connectivity index (χ1) is 0. The third-order valence-corrected chi connectivity index (χ3v) is 0. The molecule has 0 saturated heterocycles. The molecule has 0 bridgehead atoms. The summed E-state index contributed by atoms with van der Waals surface area (Å²) in [5.74, 6) is 0. The molecule has 32 valence electrons. The minimum Gasteiger partial charge on any atom is -0.344 e. The van der Waals surface area contributed by atoms with Gasteiger partial charge in [-0.1, -0.05) is 0 Å². The van der Waals surface area contributed by atoms with Crippen LogP contribution in [0.4, 0.5) is 0 Å². The number of hydrogen-bond donors (Lipinski definition) is 3. The second-order valence-electron chi connectivity index (χ2n) is 0. The summed E-state index contributed by atoms with van der Waals surface area (Å²) >= 11 is 0. The summed E-state index contributed by atoms with van der Waals surface area (Å²) in [7, 11) is 0. The Morgan fingerprint density at radius 2 is 0.500 bits per heavy atom. The smallest absolute Gasteiger partial charge is 0 e. The molecule has 3 nitrogen and oxygen atoms in total. The molecule has 4 heavy (non-hydrogen) atoms. The molecule has 0 spiro atoms. The van der Waals surface area contributed by atoms with Crippen LogP contribution in [-0.4, -0.2) is 0 Å². The molecular weight excluding hydrogens is 97.9 g/mol. The molecule has 0 aromatic rings. The monoisotopic (exact) mass is 107 g/mol. The topological polar surface area (TPSA) is 105 Å². The fourth-order valence-electron chi connectivity index (χ4n) is 0. The molecule has 0 radical (unpaired) electrons. The van der Waals surface area contributed by atoms with E-state index in [-0.39, 0.29) is 35.5 Å². The van der Waals surface area contributed by atoms with Gasteiger partial charge in [0.1, 0.15) is 0 Å². The Balaban J connectivity index is 0. The van der Waals surface area contributed by atoms with Crippen molar-refractivity contribution in [3.63, 3.8) is 0 Å². The van der Waals surface area contributed by atoms with E-state index in [1.54, 1.807) is 0 Å². The first-order valence-electron chi connectivity index (χ1n) is 0. The van der Waals surface area contributed by atoms with E-state index in [0.29, 0.717) is 0 Å². The second kappa shape index (κ2) is 123. The first kappa shape index (κ1) is 319. The maximum atomic E-state index is 0. The largest absolute Gasteiger partial charge is 0.344 e. The average molecular weight is 107 g/mol. The van der Waals surface area contributed by atoms with Gasteiger partial charge in [-0.05, 0) is 0 Å². The van der Waals surface area contributed by atoms with Gasteiger partial charge in [0.05, 0.1) is 0 Å². The molecule has 0 rings (SSSR count). The van der Waals surface area contributed by atoms with Gasteiger partial charge in [0, 0.05) is 17.1 Å². The second-order valence-corrected chi connectivity index (χ2v) is 0. The summed E-state index contributed by atoms with van der Waals surface area (Å²) in [6.07, 6.45) is 0. The SMILES string of the molecule is N.N.N.[Fe]. The van der Waals surface area contributed by atoms with E-state index in [4.69, 9.17) is 0 Å². The van der Waals surface area contributed by atoms with E-state index in [1.165, 1.54) is 0 Å². The van der Waals surface area contributed by atoms with Crippen molar-refractivity contribution >= 4 is 0 Å². The van der Waals surface area contributed by atoms with Crippen molar-refractivity contribution in [2.75, 3.05) is 0 Å². The first-order valence-corrected chi connectivity index (χ1v) is 0. The number of rotatable bonds is 0. The molecule has 9 N–H and O–H groups in total. The molecule has 0 amide bonds. The van der Waals surface area contributed by atoms with Crippen molar-refractivity contribution in [2.45, 2.75) is 0 Å². The summed E-state index contributed by atoms with van der Waals surface area (Å²) in [6, 6.07) is 0. The molecule has 4 heteroatoms. The standard InChI is InChI=1S/Fe.3H3N/h;3*1H3. The molecule has 0 unspecified atom stereocenters. The molecule has 0 heterocycles. The Morgan fingerprint density at radius 1 is 0.500 bits per heavy atom. The fraction of sp³-hybridized carbons (Fsp3) is 0. The minimum atomic E-state index is 0. The molecule has 0 aliphatic carbocycles. The van der Waals surface area contributed by atoms with Crippen molar-refractivity contribution in [1.29, 1.82) is 0 Å². The van der Waals surface area contributed by atoms with Crippen molar-refractivity contribution in [2.24, 2.45) is 0 Å². The van der Waals surface area contributed by atoms with E-state index < -0.39 is 0 Å². The Hall–Kier alpha value is 0.399. The van der Waals surface area contributed by atoms with Crippen molar-refractivity contribution in [1.82, 2.24) is 18.5 Å².